The van der Waals surface area contributed by atoms with E-state index >= 15 is 0 Å². The third-order valence-electron chi connectivity index (χ3n) is 7.91. The molecule has 37 heavy (non-hydrogen) atoms. The highest BCUT2D eigenvalue weighted by atomic mass is 31.2. The Morgan fingerprint density at radius 1 is 0.459 bits per heavy atom. The van der Waals surface area contributed by atoms with Gasteiger partial charge in [-0.3, -0.25) is 4.52 Å². The van der Waals surface area contributed by atoms with Crippen molar-refractivity contribution in [2.75, 3.05) is 6.61 Å². The van der Waals surface area contributed by atoms with Crippen molar-refractivity contribution >= 4 is 7.82 Å². The maximum absolute atomic E-state index is 11.2. The Kier molecular flexibility index (Phi) is 29.2. The van der Waals surface area contributed by atoms with E-state index < -0.39 is 7.82 Å². The van der Waals surface area contributed by atoms with E-state index in [0.29, 0.717) is 0 Å². The van der Waals surface area contributed by atoms with Crippen LogP contribution >= 0.6 is 7.82 Å². The monoisotopic (exact) mass is 546 g/mol. The van der Waals surface area contributed by atoms with Gasteiger partial charge < -0.3 is 9.79 Å². The largest absolute Gasteiger partial charge is 0.469 e. The van der Waals surface area contributed by atoms with Crippen molar-refractivity contribution < 1.29 is 18.9 Å². The Morgan fingerprint density at radius 2 is 0.703 bits per heavy atom. The quantitative estimate of drug-likeness (QED) is 0.0670. The summed E-state index contributed by atoms with van der Waals surface area (Å²) >= 11 is 0. The smallest absolute Gasteiger partial charge is 0.303 e. The molecule has 4 nitrogen and oxygen atoms in total. The molecule has 0 fully saturated rings. The molecule has 0 aromatic heterocycles. The topological polar surface area (TPSA) is 66.8 Å². The van der Waals surface area contributed by atoms with Crippen LogP contribution in [0.5, 0.6) is 0 Å². The highest BCUT2D eigenvalue weighted by Crippen LogP contribution is 2.37. The predicted molar refractivity (Wildman–Crippen MR) is 162 cm³/mol. The Labute approximate surface area is 232 Å². The van der Waals surface area contributed by atoms with Gasteiger partial charge in [-0.25, -0.2) is 4.57 Å². The fourth-order valence-electron chi connectivity index (χ4n) is 5.42. The summed E-state index contributed by atoms with van der Waals surface area (Å²) in [4.78, 5) is 18.2. The summed E-state index contributed by atoms with van der Waals surface area (Å²) < 4.78 is 16.1. The van der Waals surface area contributed by atoms with Gasteiger partial charge in [-0.05, 0) is 18.8 Å². The maximum atomic E-state index is 11.2. The van der Waals surface area contributed by atoms with Gasteiger partial charge in [0.1, 0.15) is 0 Å². The van der Waals surface area contributed by atoms with Crippen LogP contribution < -0.4 is 0 Å². The summed E-state index contributed by atoms with van der Waals surface area (Å²) in [6.07, 6.45) is 37.1. The number of rotatable bonds is 31. The van der Waals surface area contributed by atoms with Gasteiger partial charge in [-0.2, -0.15) is 0 Å². The van der Waals surface area contributed by atoms with Crippen molar-refractivity contribution in [1.29, 1.82) is 0 Å². The zero-order chi connectivity index (χ0) is 27.3. The lowest BCUT2D eigenvalue weighted by molar-refractivity contribution is 0.157. The van der Waals surface area contributed by atoms with Crippen LogP contribution in [0.1, 0.15) is 194 Å². The lowest BCUT2D eigenvalue weighted by atomic mass is 9.94. The fourth-order valence-corrected chi connectivity index (χ4v) is 5.82. The molecule has 0 aliphatic rings. The molecule has 0 heterocycles. The number of unbranched alkanes of at least 4 members (excludes halogenated alkanes) is 24. The second-order valence-corrected chi connectivity index (χ2v) is 13.0. The third kappa shape index (κ3) is 32.2. The summed E-state index contributed by atoms with van der Waals surface area (Å²) in [5.74, 6) is 0.285. The molecule has 0 saturated carbocycles. The Bertz CT molecular complexity index is 479. The number of phosphoric acid groups is 1. The molecule has 0 aromatic carbocycles. The maximum Gasteiger partial charge on any atom is 0.469 e. The number of phosphoric ester groups is 1. The van der Waals surface area contributed by atoms with Crippen LogP contribution in [0.2, 0.25) is 0 Å². The molecular formula is C32H67O4P. The molecule has 0 spiro atoms. The lowest BCUT2D eigenvalue weighted by Gasteiger charge is -2.17. The Morgan fingerprint density at radius 3 is 0.946 bits per heavy atom. The van der Waals surface area contributed by atoms with Gasteiger partial charge in [0.15, 0.2) is 0 Å². The van der Waals surface area contributed by atoms with Crippen LogP contribution in [0.4, 0.5) is 0 Å². The average Bonchev–Trinajstić information content (AvgIpc) is 2.87. The molecule has 2 N–H and O–H groups in total. The molecule has 0 aliphatic heterocycles. The molecule has 0 bridgehead atoms. The van der Waals surface area contributed by atoms with E-state index in [2.05, 4.69) is 13.8 Å². The second-order valence-electron chi connectivity index (χ2n) is 11.7. The molecule has 0 aliphatic carbocycles. The van der Waals surface area contributed by atoms with Gasteiger partial charge in [0.2, 0.25) is 0 Å². The van der Waals surface area contributed by atoms with Crippen LogP contribution in [0.25, 0.3) is 0 Å². The van der Waals surface area contributed by atoms with E-state index in [4.69, 9.17) is 14.3 Å². The van der Waals surface area contributed by atoms with Crippen molar-refractivity contribution in [3.05, 3.63) is 0 Å². The van der Waals surface area contributed by atoms with Gasteiger partial charge in [0, 0.05) is 0 Å². The van der Waals surface area contributed by atoms with Crippen molar-refractivity contribution in [2.45, 2.75) is 194 Å². The van der Waals surface area contributed by atoms with E-state index in [0.717, 1.165) is 25.7 Å². The number of hydrogen-bond donors (Lipinski definition) is 2. The zero-order valence-electron chi connectivity index (χ0n) is 25.2. The molecule has 5 heteroatoms. The minimum absolute atomic E-state index is 0.209. The standard InChI is InChI=1S/C32H67O4P/c1-3-5-7-9-11-13-15-17-18-20-22-24-26-28-30-32(31-36-37(33,34)35)29-27-25-23-21-19-16-14-12-10-8-6-4-2/h32H,3-31H2,1-2H3,(H2,33,34,35). The summed E-state index contributed by atoms with van der Waals surface area (Å²) in [6, 6.07) is 0. The Hall–Kier alpha value is 0.110. The average molecular weight is 547 g/mol. The zero-order valence-corrected chi connectivity index (χ0v) is 26.1. The van der Waals surface area contributed by atoms with Crippen LogP contribution in [0, 0.1) is 5.92 Å². The molecule has 1 atom stereocenters. The van der Waals surface area contributed by atoms with Crippen LogP contribution in [0.15, 0.2) is 0 Å². The molecule has 0 saturated heterocycles. The van der Waals surface area contributed by atoms with E-state index in [-0.39, 0.29) is 12.5 Å². The second kappa shape index (κ2) is 29.1. The van der Waals surface area contributed by atoms with Gasteiger partial charge in [-0.1, -0.05) is 181 Å². The first-order valence-corrected chi connectivity index (χ1v) is 18.2. The van der Waals surface area contributed by atoms with Gasteiger partial charge in [0.05, 0.1) is 6.61 Å². The van der Waals surface area contributed by atoms with Gasteiger partial charge >= 0.3 is 7.82 Å². The summed E-state index contributed by atoms with van der Waals surface area (Å²) in [5.41, 5.74) is 0. The van der Waals surface area contributed by atoms with E-state index in [1.54, 1.807) is 0 Å². The first-order chi connectivity index (χ1) is 18.0. The normalized spacial score (nSPS) is 12.9. The van der Waals surface area contributed by atoms with E-state index in [1.807, 2.05) is 0 Å². The van der Waals surface area contributed by atoms with Crippen LogP contribution in [-0.4, -0.2) is 16.4 Å². The molecular weight excluding hydrogens is 479 g/mol. The molecule has 0 aromatic rings. The SMILES string of the molecule is CCCCCCCCCCCCCCCCC(CCCCCCCCCCCCCC)COP(=O)(O)O. The number of hydrogen-bond acceptors (Lipinski definition) is 2. The molecule has 0 rings (SSSR count). The van der Waals surface area contributed by atoms with Crippen molar-refractivity contribution in [3.63, 3.8) is 0 Å². The summed E-state index contributed by atoms with van der Waals surface area (Å²) in [6.45, 7) is 4.76. The minimum Gasteiger partial charge on any atom is -0.303 e. The first-order valence-electron chi connectivity index (χ1n) is 16.7. The van der Waals surface area contributed by atoms with Crippen molar-refractivity contribution in [1.82, 2.24) is 0 Å². The predicted octanol–water partition coefficient (Wildman–Crippen LogP) is 11.7. The fraction of sp³-hybridized carbons (Fsp3) is 1.00. The molecule has 1 unspecified atom stereocenters. The Balaban J connectivity index is 3.70. The van der Waals surface area contributed by atoms with Crippen LogP contribution in [0.3, 0.4) is 0 Å². The minimum atomic E-state index is -4.36. The van der Waals surface area contributed by atoms with E-state index in [1.165, 1.54) is 154 Å². The van der Waals surface area contributed by atoms with Gasteiger partial charge in [-0.15, -0.1) is 0 Å². The summed E-state index contributed by atoms with van der Waals surface area (Å²) in [7, 11) is -4.36. The van der Waals surface area contributed by atoms with Crippen molar-refractivity contribution in [3.8, 4) is 0 Å². The molecule has 0 radical (unpaired) electrons. The first kappa shape index (κ1) is 37.1. The molecule has 0 amide bonds. The summed E-state index contributed by atoms with van der Waals surface area (Å²) in [5, 5.41) is 0. The van der Waals surface area contributed by atoms with Crippen molar-refractivity contribution in [2.24, 2.45) is 5.92 Å². The lowest BCUT2D eigenvalue weighted by Crippen LogP contribution is -2.09. The third-order valence-corrected chi connectivity index (χ3v) is 8.40. The van der Waals surface area contributed by atoms with E-state index in [9.17, 15) is 4.57 Å². The molecule has 224 valence electrons. The highest BCUT2D eigenvalue weighted by Gasteiger charge is 2.18. The van der Waals surface area contributed by atoms with Crippen LogP contribution in [-0.2, 0) is 9.09 Å². The highest BCUT2D eigenvalue weighted by molar-refractivity contribution is 7.46. The van der Waals surface area contributed by atoms with Gasteiger partial charge in [0.25, 0.3) is 0 Å².